The maximum Gasteiger partial charge on any atom is 0.523 e. The number of carbonyl (C=O) groups excluding carboxylic acids is 1. The summed E-state index contributed by atoms with van der Waals surface area (Å²) < 4.78 is 94.9. The SMILES string of the molecule is CC[C@]1(C2(O[Si](C)(C)C(C)(C)C)CC2)O[C@@H](n2cnc3c(NC(=O)c4ccccc4)ncnc32)C(OS(=O)(=O)C(F)(F)F)C1OCc1ccccc1. The lowest BCUT2D eigenvalue weighted by Gasteiger charge is -2.47. The summed E-state index contributed by atoms with van der Waals surface area (Å²) in [6.07, 6.45) is -1.28. The first-order valence-corrected chi connectivity index (χ1v) is 21.2. The Kier molecular flexibility index (Phi) is 9.93. The third-order valence-electron chi connectivity index (χ3n) is 10.3. The van der Waals surface area contributed by atoms with Crippen LogP contribution in [0.15, 0.2) is 73.3 Å². The summed E-state index contributed by atoms with van der Waals surface area (Å²) in [5, 5.41) is 2.45. The van der Waals surface area contributed by atoms with Gasteiger partial charge in [-0.15, -0.1) is 0 Å². The zero-order valence-corrected chi connectivity index (χ0v) is 31.5. The molecule has 17 heteroatoms. The van der Waals surface area contributed by atoms with E-state index < -0.39 is 59.5 Å². The van der Waals surface area contributed by atoms with Crippen LogP contribution in [-0.4, -0.2) is 71.1 Å². The smallest absolute Gasteiger partial charge is 0.408 e. The fourth-order valence-electron chi connectivity index (χ4n) is 6.51. The molecule has 2 unspecified atom stereocenters. The molecule has 2 aliphatic rings. The minimum atomic E-state index is -6.19. The van der Waals surface area contributed by atoms with Crippen molar-refractivity contribution in [3.05, 3.63) is 84.4 Å². The molecule has 12 nitrogen and oxygen atoms in total. The summed E-state index contributed by atoms with van der Waals surface area (Å²) in [5.41, 5.74) is -7.09. The number of nitrogens with zero attached hydrogens (tertiary/aromatic N) is 4. The minimum absolute atomic E-state index is 0.0227. The highest BCUT2D eigenvalue weighted by Gasteiger charge is 2.73. The molecule has 1 aliphatic carbocycles. The second kappa shape index (κ2) is 13.6. The number of benzene rings is 2. The lowest BCUT2D eigenvalue weighted by molar-refractivity contribution is -0.184. The van der Waals surface area contributed by atoms with Crippen molar-refractivity contribution in [1.82, 2.24) is 19.5 Å². The van der Waals surface area contributed by atoms with Gasteiger partial charge < -0.3 is 19.2 Å². The molecule has 2 aromatic carbocycles. The van der Waals surface area contributed by atoms with Crippen LogP contribution in [0.1, 0.15) is 69.1 Å². The van der Waals surface area contributed by atoms with Gasteiger partial charge in [-0.3, -0.25) is 13.5 Å². The summed E-state index contributed by atoms with van der Waals surface area (Å²) >= 11 is 0. The lowest BCUT2D eigenvalue weighted by Crippen LogP contribution is -2.60. The molecule has 4 aromatic rings. The van der Waals surface area contributed by atoms with E-state index in [2.05, 4.69) is 54.1 Å². The van der Waals surface area contributed by atoms with Crippen LogP contribution >= 0.6 is 0 Å². The van der Waals surface area contributed by atoms with Gasteiger partial charge >= 0.3 is 15.6 Å². The van der Waals surface area contributed by atoms with E-state index in [1.54, 1.807) is 61.5 Å². The highest BCUT2D eigenvalue weighted by molar-refractivity contribution is 7.87. The van der Waals surface area contributed by atoms with Gasteiger partial charge in [0.1, 0.15) is 18.0 Å². The Morgan fingerprint density at radius 1 is 1.02 bits per heavy atom. The first-order chi connectivity index (χ1) is 24.3. The molecule has 1 amide bonds. The Morgan fingerprint density at radius 2 is 1.65 bits per heavy atom. The van der Waals surface area contributed by atoms with Crippen molar-refractivity contribution in [2.45, 2.75) is 107 Å². The van der Waals surface area contributed by atoms with Crippen LogP contribution in [0.2, 0.25) is 18.1 Å². The molecule has 2 aromatic heterocycles. The quantitative estimate of drug-likeness (QED) is 0.0900. The van der Waals surface area contributed by atoms with E-state index in [0.717, 1.165) is 6.33 Å². The highest BCUT2D eigenvalue weighted by atomic mass is 32.2. The number of ether oxygens (including phenoxy) is 2. The van der Waals surface area contributed by atoms with Crippen LogP contribution in [0.4, 0.5) is 19.0 Å². The van der Waals surface area contributed by atoms with Crippen LogP contribution in [0, 0.1) is 0 Å². The van der Waals surface area contributed by atoms with E-state index in [1.807, 2.05) is 6.07 Å². The molecule has 4 atom stereocenters. The number of imidazole rings is 1. The molecule has 6 rings (SSSR count). The Bertz CT molecular complexity index is 2020. The number of alkyl halides is 3. The predicted molar refractivity (Wildman–Crippen MR) is 188 cm³/mol. The summed E-state index contributed by atoms with van der Waals surface area (Å²) in [5.74, 6) is -0.461. The number of fused-ring (bicyclic) bond motifs is 1. The predicted octanol–water partition coefficient (Wildman–Crippen LogP) is 7.13. The van der Waals surface area contributed by atoms with Crippen molar-refractivity contribution in [3.63, 3.8) is 0 Å². The molecule has 280 valence electrons. The van der Waals surface area contributed by atoms with E-state index in [1.165, 1.54) is 10.9 Å². The van der Waals surface area contributed by atoms with Gasteiger partial charge in [0.2, 0.25) is 0 Å². The molecule has 0 spiro atoms. The molecule has 3 heterocycles. The Morgan fingerprint density at radius 3 is 2.23 bits per heavy atom. The number of hydrogen-bond donors (Lipinski definition) is 1. The van der Waals surface area contributed by atoms with Crippen molar-refractivity contribution in [2.24, 2.45) is 0 Å². The summed E-state index contributed by atoms with van der Waals surface area (Å²) in [6, 6.07) is 17.3. The first kappa shape index (κ1) is 38.0. The summed E-state index contributed by atoms with van der Waals surface area (Å²) in [7, 11) is -8.75. The number of rotatable bonds is 12. The molecule has 0 radical (unpaired) electrons. The number of aromatic nitrogens is 4. The third-order valence-corrected chi connectivity index (χ3v) is 15.9. The number of halogens is 3. The average molecular weight is 762 g/mol. The zero-order valence-electron chi connectivity index (χ0n) is 29.7. The maximum absolute atomic E-state index is 14.1. The van der Waals surface area contributed by atoms with E-state index in [9.17, 15) is 26.4 Å². The highest BCUT2D eigenvalue weighted by Crippen LogP contribution is 2.62. The Hall–Kier alpha value is -3.74. The summed E-state index contributed by atoms with van der Waals surface area (Å²) in [4.78, 5) is 25.9. The molecule has 0 bridgehead atoms. The second-order valence-electron chi connectivity index (χ2n) is 14.7. The molecule has 1 aliphatic heterocycles. The topological polar surface area (TPSA) is 144 Å². The second-order valence-corrected chi connectivity index (χ2v) is 20.9. The van der Waals surface area contributed by atoms with Crippen molar-refractivity contribution < 1.29 is 44.5 Å². The van der Waals surface area contributed by atoms with Gasteiger partial charge in [-0.1, -0.05) is 76.2 Å². The van der Waals surface area contributed by atoms with Gasteiger partial charge in [0, 0.05) is 5.56 Å². The van der Waals surface area contributed by atoms with Crippen LogP contribution in [0.3, 0.4) is 0 Å². The first-order valence-electron chi connectivity index (χ1n) is 16.9. The maximum atomic E-state index is 14.1. The standard InChI is InChI=1S/C35H42F3N5O7SSi/c1-7-34(33(18-19-33)50-52(5,6)32(2,3)4)27(47-20-23-14-10-8-11-15-23)26(49-51(45,46)35(36,37)38)31(48-34)43-22-41-25-28(39-21-40-29(25)43)42-30(44)24-16-12-9-13-17-24/h8-17,21-22,26-27,31H,7,18-20H2,1-6H3,(H,39,40,42,44)/t26?,27?,31-,34+/m1/s1. The van der Waals surface area contributed by atoms with Gasteiger partial charge in [0.05, 0.1) is 18.5 Å². The molecule has 52 heavy (non-hydrogen) atoms. The van der Waals surface area contributed by atoms with Crippen molar-refractivity contribution >= 4 is 41.3 Å². The fourth-order valence-corrected chi connectivity index (χ4v) is 8.76. The van der Waals surface area contributed by atoms with E-state index in [4.69, 9.17) is 18.1 Å². The van der Waals surface area contributed by atoms with E-state index >= 15 is 0 Å². The van der Waals surface area contributed by atoms with Crippen LogP contribution in [0.5, 0.6) is 0 Å². The van der Waals surface area contributed by atoms with E-state index in [0.29, 0.717) is 24.0 Å². The molecule has 1 saturated heterocycles. The van der Waals surface area contributed by atoms with Crippen LogP contribution < -0.4 is 5.32 Å². The monoisotopic (exact) mass is 761 g/mol. The Balaban J connectivity index is 1.49. The number of carbonyl (C=O) groups is 1. The molecular formula is C35H42F3N5O7SSi. The van der Waals surface area contributed by atoms with Crippen LogP contribution in [0.25, 0.3) is 11.2 Å². The van der Waals surface area contributed by atoms with Crippen molar-refractivity contribution in [1.29, 1.82) is 0 Å². The number of amides is 1. The number of anilines is 1. The van der Waals surface area contributed by atoms with Gasteiger partial charge in [-0.2, -0.15) is 21.6 Å². The molecule has 1 N–H and O–H groups in total. The zero-order chi connectivity index (χ0) is 37.7. The minimum Gasteiger partial charge on any atom is -0.408 e. The van der Waals surface area contributed by atoms with Gasteiger partial charge in [-0.25, -0.2) is 15.0 Å². The number of nitrogens with one attached hydrogen (secondary N) is 1. The third kappa shape index (κ3) is 6.89. The van der Waals surface area contributed by atoms with E-state index in [-0.39, 0.29) is 35.0 Å². The largest absolute Gasteiger partial charge is 0.523 e. The van der Waals surface area contributed by atoms with Gasteiger partial charge in [0.25, 0.3) is 5.91 Å². The van der Waals surface area contributed by atoms with Gasteiger partial charge in [-0.05, 0) is 55.1 Å². The van der Waals surface area contributed by atoms with Crippen molar-refractivity contribution in [2.75, 3.05) is 5.32 Å². The molecular weight excluding hydrogens is 720 g/mol. The summed E-state index contributed by atoms with van der Waals surface area (Å²) in [6.45, 7) is 12.1. The Labute approximate surface area is 301 Å². The molecule has 2 fully saturated rings. The van der Waals surface area contributed by atoms with Crippen LogP contribution in [-0.2, 0) is 34.8 Å². The molecule has 1 saturated carbocycles. The number of hydrogen-bond acceptors (Lipinski definition) is 10. The van der Waals surface area contributed by atoms with Crippen molar-refractivity contribution in [3.8, 4) is 0 Å². The lowest BCUT2D eigenvalue weighted by atomic mass is 9.84. The normalized spacial score (nSPS) is 23.5. The van der Waals surface area contributed by atoms with Gasteiger partial charge in [0.15, 0.2) is 37.6 Å². The fraction of sp³-hybridized carbons (Fsp3) is 0.486. The average Bonchev–Trinajstić information content (AvgIpc) is 3.61.